The molecule has 10 heavy (non-hydrogen) atoms. The molecule has 0 rings (SSSR count). The van der Waals surface area contributed by atoms with E-state index in [1.807, 2.05) is 0 Å². The quantitative estimate of drug-likeness (QED) is 0.234. The maximum absolute atomic E-state index is 0. The van der Waals surface area contributed by atoms with Gasteiger partial charge >= 0.3 is 17.1 Å². The molecule has 0 spiro atoms. The van der Waals surface area contributed by atoms with E-state index in [0.717, 1.165) is 0 Å². The molecule has 6 nitrogen and oxygen atoms in total. The standard InChI is InChI=1S/3ClH.Fe.6H3N/h3*1H;;6*1H3/q;;;+3;;;;;;/p-3. The Morgan fingerprint density at radius 2 is 0.300 bits per heavy atom. The second-order valence-electron chi connectivity index (χ2n) is 0. The van der Waals surface area contributed by atoms with E-state index >= 15 is 0 Å². The van der Waals surface area contributed by atoms with Crippen LogP contribution in [-0.4, -0.2) is 0 Å². The summed E-state index contributed by atoms with van der Waals surface area (Å²) >= 11 is 0. The largest absolute Gasteiger partial charge is 3.00 e. The number of hydrogen-bond acceptors (Lipinski definition) is 6. The summed E-state index contributed by atoms with van der Waals surface area (Å²) in [6.07, 6.45) is 0. The van der Waals surface area contributed by atoms with Gasteiger partial charge in [0.15, 0.2) is 0 Å². The van der Waals surface area contributed by atoms with Gasteiger partial charge in [0.25, 0.3) is 0 Å². The molecule has 0 saturated carbocycles. The molecule has 0 saturated heterocycles. The van der Waals surface area contributed by atoms with Gasteiger partial charge in [-0.25, -0.2) is 0 Å². The summed E-state index contributed by atoms with van der Waals surface area (Å²) in [7, 11) is 0. The van der Waals surface area contributed by atoms with Crippen LogP contribution < -0.4 is 74.1 Å². The van der Waals surface area contributed by atoms with Crippen molar-refractivity contribution in [2.75, 3.05) is 0 Å². The third-order valence-corrected chi connectivity index (χ3v) is 0. The van der Waals surface area contributed by atoms with Crippen molar-refractivity contribution in [2.24, 2.45) is 0 Å². The first-order valence-corrected chi connectivity index (χ1v) is 0. The first kappa shape index (κ1) is 869. The van der Waals surface area contributed by atoms with Gasteiger partial charge in [0.2, 0.25) is 0 Å². The van der Waals surface area contributed by atoms with Gasteiger partial charge in [-0.3, -0.25) is 0 Å². The number of rotatable bonds is 0. The Hall–Kier alpha value is 1.15. The van der Waals surface area contributed by atoms with E-state index in [4.69, 9.17) is 0 Å². The van der Waals surface area contributed by atoms with Crippen LogP contribution in [0.4, 0.5) is 0 Å². The van der Waals surface area contributed by atoms with Crippen molar-refractivity contribution in [3.8, 4) is 0 Å². The fraction of sp³-hybridized carbons (Fsp3) is 0. The maximum atomic E-state index is 0. The molecule has 0 heterocycles. The van der Waals surface area contributed by atoms with Crippen LogP contribution in [0.2, 0.25) is 0 Å². The van der Waals surface area contributed by atoms with Crippen LogP contribution in [0.1, 0.15) is 0 Å². The first-order chi connectivity index (χ1) is 0. The third kappa shape index (κ3) is 460. The minimum atomic E-state index is 0. The third-order valence-electron chi connectivity index (χ3n) is 0. The molecule has 0 fully saturated rings. The fourth-order valence-corrected chi connectivity index (χ4v) is 0. The van der Waals surface area contributed by atoms with Crippen molar-refractivity contribution in [1.29, 1.82) is 0 Å². The average molecular weight is 264 g/mol. The van der Waals surface area contributed by atoms with Crippen LogP contribution in [0.25, 0.3) is 0 Å². The molecule has 77 valence electrons. The maximum Gasteiger partial charge on any atom is 3.00 e. The zero-order chi connectivity index (χ0) is 0. The normalized spacial score (nSPS) is 0. The molecule has 0 aliphatic rings. The molecule has 0 aromatic carbocycles. The van der Waals surface area contributed by atoms with Crippen molar-refractivity contribution in [3.63, 3.8) is 0 Å². The Morgan fingerprint density at radius 3 is 0.300 bits per heavy atom. The zero-order valence-corrected chi connectivity index (χ0v) is 9.10. The van der Waals surface area contributed by atoms with Gasteiger partial charge in [-0.15, -0.1) is 0 Å². The predicted molar refractivity (Wildman–Crippen MR) is 30.1 cm³/mol. The molecule has 18 N–H and O–H groups in total. The smallest absolute Gasteiger partial charge is 1.00 e. The monoisotopic (exact) mass is 263 g/mol. The minimum absolute atomic E-state index is 0. The second kappa shape index (κ2) is 643. The van der Waals surface area contributed by atoms with Crippen molar-refractivity contribution < 1.29 is 54.3 Å². The van der Waals surface area contributed by atoms with E-state index in [1.165, 1.54) is 0 Å². The van der Waals surface area contributed by atoms with E-state index < -0.39 is 0 Å². The van der Waals surface area contributed by atoms with E-state index in [2.05, 4.69) is 0 Å². The van der Waals surface area contributed by atoms with Crippen molar-refractivity contribution in [3.05, 3.63) is 0 Å². The first-order valence-electron chi connectivity index (χ1n) is 0. The topological polar surface area (TPSA) is 210 Å². The molecule has 0 atom stereocenters. The van der Waals surface area contributed by atoms with Crippen molar-refractivity contribution in [2.45, 2.75) is 0 Å². The van der Waals surface area contributed by atoms with Gasteiger partial charge < -0.3 is 74.1 Å². The van der Waals surface area contributed by atoms with Gasteiger partial charge in [-0.05, 0) is 0 Å². The van der Waals surface area contributed by atoms with Crippen LogP contribution in [0, 0.1) is 0 Å². The van der Waals surface area contributed by atoms with E-state index in [-0.39, 0.29) is 91.2 Å². The molecule has 0 aromatic heterocycles. The number of hydrogen-bond donors (Lipinski definition) is 6. The van der Waals surface area contributed by atoms with Crippen LogP contribution in [0.5, 0.6) is 0 Å². The Morgan fingerprint density at radius 1 is 0.300 bits per heavy atom. The Labute approximate surface area is 91.2 Å². The summed E-state index contributed by atoms with van der Waals surface area (Å²) < 4.78 is 0. The summed E-state index contributed by atoms with van der Waals surface area (Å²) in [5, 5.41) is 0. The fourth-order valence-electron chi connectivity index (χ4n) is 0. The Balaban J connectivity index is 0. The summed E-state index contributed by atoms with van der Waals surface area (Å²) in [5.41, 5.74) is 0. The van der Waals surface area contributed by atoms with Crippen LogP contribution >= 0.6 is 0 Å². The van der Waals surface area contributed by atoms with Gasteiger partial charge in [0, 0.05) is 0 Å². The van der Waals surface area contributed by atoms with Gasteiger partial charge in [-0.1, -0.05) is 0 Å². The molecule has 1 radical (unpaired) electrons. The minimum Gasteiger partial charge on any atom is -1.00 e. The SMILES string of the molecule is N.N.N.N.N.N.[Cl-].[Cl-].[Cl-].[Fe+3]. The summed E-state index contributed by atoms with van der Waals surface area (Å²) in [6.45, 7) is 0. The zero-order valence-electron chi connectivity index (χ0n) is 5.73. The van der Waals surface area contributed by atoms with E-state index in [1.54, 1.807) is 0 Å². The molecule has 10 heteroatoms. The molecule has 0 bridgehead atoms. The molecule has 0 aromatic rings. The summed E-state index contributed by atoms with van der Waals surface area (Å²) in [5.74, 6) is 0. The van der Waals surface area contributed by atoms with Crippen LogP contribution in [0.15, 0.2) is 0 Å². The predicted octanol–water partition coefficient (Wildman–Crippen LogP) is -8.02. The molecular weight excluding hydrogens is 246 g/mol. The van der Waals surface area contributed by atoms with Crippen LogP contribution in [-0.2, 0) is 17.1 Å². The average Bonchev–Trinajstić information content (AvgIpc) is 0. The van der Waals surface area contributed by atoms with Gasteiger partial charge in [-0.2, -0.15) is 0 Å². The Kier molecular flexibility index (Phi) is 55900. The molecular formula is H18Cl3FeN6. The van der Waals surface area contributed by atoms with Crippen molar-refractivity contribution >= 4 is 0 Å². The Bertz CT molecular complexity index is 13.0. The molecule has 0 aliphatic carbocycles. The van der Waals surface area contributed by atoms with Gasteiger partial charge in [0.1, 0.15) is 0 Å². The van der Waals surface area contributed by atoms with E-state index in [9.17, 15) is 0 Å². The molecule has 0 unspecified atom stereocenters. The van der Waals surface area contributed by atoms with E-state index in [0.29, 0.717) is 0 Å². The van der Waals surface area contributed by atoms with Crippen molar-refractivity contribution in [1.82, 2.24) is 36.9 Å². The second-order valence-corrected chi connectivity index (χ2v) is 0. The molecule has 0 aliphatic heterocycles. The van der Waals surface area contributed by atoms with Crippen LogP contribution in [0.3, 0.4) is 0 Å². The van der Waals surface area contributed by atoms with Gasteiger partial charge in [0.05, 0.1) is 0 Å². The molecule has 0 amide bonds. The summed E-state index contributed by atoms with van der Waals surface area (Å²) in [6, 6.07) is 0. The number of halogens is 3. The summed E-state index contributed by atoms with van der Waals surface area (Å²) in [4.78, 5) is 0.